The molecule has 0 radical (unpaired) electrons. The Morgan fingerprint density at radius 2 is 1.06 bits per heavy atom. The molecule has 35 nitrogen and oxygen atoms in total. The molecule has 2 aromatic carbocycles. The number of nitrogens with one attached hydrogen (secondary N) is 10. The number of carbonyl (C=O) groups excluding carboxylic acids is 5. The number of fused-ring (bicyclic) bond motifs is 1. The molecule has 0 aliphatic carbocycles. The molecule has 612 valence electrons. The Morgan fingerprint density at radius 1 is 0.560 bits per heavy atom. The topological polar surface area (TPSA) is 460 Å². The summed E-state index contributed by atoms with van der Waals surface area (Å²) in [6, 6.07) is 11.3. The minimum absolute atomic E-state index is 0.0544. The van der Waals surface area contributed by atoms with E-state index in [1.54, 1.807) is 37.4 Å². The number of anilines is 2. The van der Waals surface area contributed by atoms with Crippen LogP contribution in [0, 0.1) is 6.92 Å². The van der Waals surface area contributed by atoms with E-state index in [-0.39, 0.29) is 115 Å². The number of nitrogens with zero attached hydrogens (tertiary/aromatic N) is 4. The summed E-state index contributed by atoms with van der Waals surface area (Å²) < 4.78 is 33.1. The smallest absolute Gasteiger partial charge is 0.326 e. The fourth-order valence-electron chi connectivity index (χ4n) is 11.6. The highest BCUT2D eigenvalue weighted by Gasteiger charge is 2.42. The zero-order chi connectivity index (χ0) is 79.6. The number of amides is 6. The Bertz CT molecular complexity index is 3140. The molecule has 3 aliphatic rings. The first-order valence-corrected chi connectivity index (χ1v) is 38.8. The maximum Gasteiger partial charge on any atom is 0.326 e. The first-order chi connectivity index (χ1) is 52.3. The molecule has 38 heteroatoms. The van der Waals surface area contributed by atoms with E-state index in [1.807, 2.05) is 50.2 Å². The highest BCUT2D eigenvalue weighted by atomic mass is 32.2. The molecule has 0 aromatic heterocycles. The van der Waals surface area contributed by atoms with Crippen LogP contribution in [0.1, 0.15) is 93.1 Å². The van der Waals surface area contributed by atoms with Gasteiger partial charge in [-0.15, -0.1) is 0 Å². The molecule has 2 aromatic rings. The summed E-state index contributed by atoms with van der Waals surface area (Å²) in [5.41, 5.74) is 3.84. The number of unbranched alkanes of at least 4 members (excludes halogenated alkanes) is 1. The van der Waals surface area contributed by atoms with E-state index < -0.39 is 53.7 Å². The molecule has 0 spiro atoms. The van der Waals surface area contributed by atoms with Crippen molar-refractivity contribution in [2.24, 2.45) is 0 Å². The lowest BCUT2D eigenvalue weighted by atomic mass is 10.0. The van der Waals surface area contributed by atoms with Gasteiger partial charge in [0.05, 0.1) is 97.5 Å². The number of carboxylic acids is 5. The lowest BCUT2D eigenvalue weighted by molar-refractivity contribution is -0.143. The van der Waals surface area contributed by atoms with Crippen molar-refractivity contribution in [3.8, 4) is 0 Å². The van der Waals surface area contributed by atoms with Crippen molar-refractivity contribution in [2.45, 2.75) is 114 Å². The molecule has 15 N–H and O–H groups in total. The van der Waals surface area contributed by atoms with Crippen molar-refractivity contribution in [1.82, 2.24) is 62.1 Å². The first kappa shape index (κ1) is 93.6. The van der Waals surface area contributed by atoms with E-state index >= 15 is 0 Å². The molecular weight excluding hydrogens is 1480 g/mol. The van der Waals surface area contributed by atoms with E-state index in [0.717, 1.165) is 53.9 Å². The van der Waals surface area contributed by atoms with E-state index in [2.05, 4.69) is 53.2 Å². The number of urea groups is 1. The third-order valence-corrected chi connectivity index (χ3v) is 18.9. The van der Waals surface area contributed by atoms with Crippen LogP contribution in [0.2, 0.25) is 0 Å². The molecule has 5 rings (SSSR count). The van der Waals surface area contributed by atoms with Gasteiger partial charge < -0.3 is 107 Å². The number of aliphatic carboxylic acids is 5. The number of aryl methyl sites for hydroxylation is 1. The van der Waals surface area contributed by atoms with Gasteiger partial charge in [-0.3, -0.25) is 58.0 Å². The van der Waals surface area contributed by atoms with Gasteiger partial charge in [0, 0.05) is 152 Å². The molecule has 3 saturated heterocycles. The monoisotopic (exact) mass is 1590 g/mol. The van der Waals surface area contributed by atoms with Crippen LogP contribution in [0.3, 0.4) is 0 Å². The van der Waals surface area contributed by atoms with E-state index in [4.69, 9.17) is 52.9 Å². The van der Waals surface area contributed by atoms with Gasteiger partial charge in [0.1, 0.15) is 6.04 Å². The number of carbonyl (C=O) groups is 10. The predicted molar refractivity (Wildman–Crippen MR) is 416 cm³/mol. The minimum Gasteiger partial charge on any atom is -0.480 e. The van der Waals surface area contributed by atoms with Crippen LogP contribution in [0.4, 0.5) is 16.2 Å². The van der Waals surface area contributed by atoms with Crippen molar-refractivity contribution in [1.29, 1.82) is 0 Å². The quantitative estimate of drug-likeness (QED) is 0.0250. The summed E-state index contributed by atoms with van der Waals surface area (Å²) in [5, 5.41) is 78.1. The number of ether oxygens (including phenoxy) is 6. The predicted octanol–water partition coefficient (Wildman–Crippen LogP) is 1.07. The van der Waals surface area contributed by atoms with Crippen LogP contribution in [0.15, 0.2) is 42.5 Å². The standard InChI is InChI=1S/C36H59N7O12S.C35H55N7O9S2/c1-28(44)37-8-2-16-53-18-20-55-21-19-54-17-3-9-38-36(56)39-30-6-4-29(5-7-30)22-31-23-42(26-34(49)50)13-12-40(24-32(45)46)10-11-41(25-33(47)48)14-15-43(31)27-35(51)52;1-3-36-35(52)39-25-19-23(2)18-24(20-25)32(45)38-11-7-13-50-15-17-51-16-14-49-12-6-10-37-30(44)21-26(33(46)47)40-29(43)9-5-4-8-28-31-27(22-53-28)41-34(48)42-31/h4-7,31H,2-3,8-27H2,1H3,(H,37,44)(H,45,46)(H,47,48)(H,49,50)(H,51,52)(H2,38,39,56);18-20,26-28,31H,3-17,21-22H2,1-2H3,(H,37,44)(H,38,45)(H,40,43)(H,46,47)(H2,36,39,52)(H2,41,42,48). The number of thiocarbonyl (C=S) groups is 2. The summed E-state index contributed by atoms with van der Waals surface area (Å²) in [7, 11) is 0. The molecule has 109 heavy (non-hydrogen) atoms. The zero-order valence-corrected chi connectivity index (χ0v) is 65.2. The van der Waals surface area contributed by atoms with Crippen molar-refractivity contribution < 1.29 is 102 Å². The summed E-state index contributed by atoms with van der Waals surface area (Å²) in [6.07, 6.45) is 5.04. The van der Waals surface area contributed by atoms with Crippen molar-refractivity contribution in [3.63, 3.8) is 0 Å². The first-order valence-electron chi connectivity index (χ1n) is 36.9. The third-order valence-electron chi connectivity index (χ3n) is 16.9. The summed E-state index contributed by atoms with van der Waals surface area (Å²) in [5.74, 6) is -5.75. The second kappa shape index (κ2) is 55.6. The van der Waals surface area contributed by atoms with Crippen molar-refractivity contribution in [3.05, 3.63) is 59.2 Å². The molecule has 0 saturated carbocycles. The highest BCUT2D eigenvalue weighted by molar-refractivity contribution is 8.00. The number of hydrogen-bond acceptors (Lipinski definition) is 23. The Morgan fingerprint density at radius 3 is 1.60 bits per heavy atom. The van der Waals surface area contributed by atoms with Crippen molar-refractivity contribution >= 4 is 117 Å². The Balaban J connectivity index is 0.000000461. The number of hydrogen-bond donors (Lipinski definition) is 15. The molecule has 3 fully saturated rings. The Hall–Kier alpha value is -7.73. The number of rotatable bonds is 51. The van der Waals surface area contributed by atoms with Crippen LogP contribution < -0.4 is 53.2 Å². The SMILES string of the molecule is CC(=O)NCCCOCCOCCOCCCNC(=S)Nc1ccc(CC2CN(CC(=O)O)CCN(CC(=O)O)CCN(CC(=O)O)CCN2CC(=O)O)cc1.CCNC(=S)Nc1cc(C)cc(C(=O)NCCCOCCOCCOCCCNC(=O)CC(NC(=O)CCCCC2SCC3NC(=O)NC32)C(=O)O)c1. The summed E-state index contributed by atoms with van der Waals surface area (Å²) in [6.45, 7) is 13.7. The molecule has 3 heterocycles. The maximum atomic E-state index is 12.6. The van der Waals surface area contributed by atoms with Gasteiger partial charge in [-0.25, -0.2) is 9.59 Å². The fourth-order valence-corrected chi connectivity index (χ4v) is 13.7. The van der Waals surface area contributed by atoms with E-state index in [1.165, 1.54) is 6.92 Å². The average molecular weight is 1600 g/mol. The van der Waals surface area contributed by atoms with Crippen LogP contribution in [0.25, 0.3) is 0 Å². The molecule has 0 bridgehead atoms. The van der Waals surface area contributed by atoms with Crippen LogP contribution in [-0.2, 0) is 73.2 Å². The Labute approximate surface area is 652 Å². The maximum absolute atomic E-state index is 12.6. The van der Waals surface area contributed by atoms with E-state index in [0.29, 0.717) is 159 Å². The zero-order valence-electron chi connectivity index (χ0n) is 62.8. The van der Waals surface area contributed by atoms with Crippen LogP contribution in [0.5, 0.6) is 0 Å². The third kappa shape index (κ3) is 44.0. The van der Waals surface area contributed by atoms with Gasteiger partial charge in [0.2, 0.25) is 17.7 Å². The summed E-state index contributed by atoms with van der Waals surface area (Å²) in [4.78, 5) is 125. The second-order valence-corrected chi connectivity index (χ2v) is 28.1. The molecule has 3 aliphatic heterocycles. The van der Waals surface area contributed by atoms with Gasteiger partial charge >= 0.3 is 35.9 Å². The number of thioether (sulfide) groups is 1. The molecule has 6 amide bonds. The fraction of sp³-hybridized carbons (Fsp3) is 0.662. The lowest BCUT2D eigenvalue weighted by Gasteiger charge is -2.37. The van der Waals surface area contributed by atoms with Crippen LogP contribution in [-0.4, -0.2) is 334 Å². The van der Waals surface area contributed by atoms with Crippen LogP contribution >= 0.6 is 36.2 Å². The number of carboxylic acid groups (broad SMARTS) is 5. The normalized spacial score (nSPS) is 17.3. The van der Waals surface area contributed by atoms with Crippen molar-refractivity contribution in [2.75, 3.05) is 200 Å². The molecule has 5 atom stereocenters. The van der Waals surface area contributed by atoms with Gasteiger partial charge in [0.15, 0.2) is 10.2 Å². The van der Waals surface area contributed by atoms with Gasteiger partial charge in [-0.05, 0) is 125 Å². The van der Waals surface area contributed by atoms with E-state index in [9.17, 15) is 73.5 Å². The highest BCUT2D eigenvalue weighted by Crippen LogP contribution is 2.33. The summed E-state index contributed by atoms with van der Waals surface area (Å²) >= 11 is 12.5. The molecule has 5 unspecified atom stereocenters. The van der Waals surface area contributed by atoms with Gasteiger partial charge in [-0.2, -0.15) is 11.8 Å². The number of benzene rings is 2. The van der Waals surface area contributed by atoms with Gasteiger partial charge in [0.25, 0.3) is 5.91 Å². The Kier molecular flexibility index (Phi) is 47.8. The molecular formula is C71H114N14O21S3. The second-order valence-electron chi connectivity index (χ2n) is 26.0. The largest absolute Gasteiger partial charge is 0.480 e. The average Bonchev–Trinajstić information content (AvgIpc) is 1.69. The van der Waals surface area contributed by atoms with Gasteiger partial charge in [-0.1, -0.05) is 18.6 Å². The minimum atomic E-state index is -1.30. The lowest BCUT2D eigenvalue weighted by Crippen LogP contribution is -2.53.